The van der Waals surface area contributed by atoms with Gasteiger partial charge in [-0.2, -0.15) is 4.73 Å². The molecule has 0 aliphatic rings. The molecule has 0 radical (unpaired) electrons. The molecule has 3 rings (SSSR count). The monoisotopic (exact) mass is 360 g/mol. The molecule has 0 N–H and O–H groups in total. The van der Waals surface area contributed by atoms with Crippen molar-refractivity contribution < 1.29 is 14.6 Å². The normalized spacial score (nSPS) is 10.7. The Kier molecular flexibility index (Phi) is 4.28. The molecule has 8 nitrogen and oxygen atoms in total. The fraction of sp³-hybridized carbons (Fsp3) is 0.125. The molecule has 0 bridgehead atoms. The molecular weight excluding hydrogens is 348 g/mol. The van der Waals surface area contributed by atoms with Gasteiger partial charge in [0.25, 0.3) is 5.69 Å². The van der Waals surface area contributed by atoms with Crippen LogP contribution in [0, 0.1) is 10.1 Å². The van der Waals surface area contributed by atoms with Crippen LogP contribution in [0.5, 0.6) is 0 Å². The maximum atomic E-state index is 12.0. The van der Waals surface area contributed by atoms with Gasteiger partial charge in [0.15, 0.2) is 5.82 Å². The van der Waals surface area contributed by atoms with E-state index in [1.165, 1.54) is 41.9 Å². The summed E-state index contributed by atoms with van der Waals surface area (Å²) in [5, 5.41) is 11.5. The van der Waals surface area contributed by atoms with Gasteiger partial charge >= 0.3 is 6.09 Å². The molecule has 0 unspecified atom stereocenters. The molecule has 1 amide bonds. The summed E-state index contributed by atoms with van der Waals surface area (Å²) < 4.78 is 1.18. The fourth-order valence-corrected chi connectivity index (χ4v) is 2.41. The Morgan fingerprint density at radius 2 is 2.04 bits per heavy atom. The van der Waals surface area contributed by atoms with Crippen molar-refractivity contribution in [3.05, 3.63) is 57.6 Å². The zero-order valence-corrected chi connectivity index (χ0v) is 14.1. The zero-order valence-electron chi connectivity index (χ0n) is 13.3. The van der Waals surface area contributed by atoms with Crippen LogP contribution in [0.15, 0.2) is 42.5 Å². The number of halogens is 1. The van der Waals surface area contributed by atoms with E-state index in [0.717, 1.165) is 0 Å². The average Bonchev–Trinajstić information content (AvgIpc) is 2.92. The number of carbonyl (C=O) groups excluding carboxylic acids is 1. The van der Waals surface area contributed by atoms with Crippen molar-refractivity contribution in [3.63, 3.8) is 0 Å². The summed E-state index contributed by atoms with van der Waals surface area (Å²) in [5.41, 5.74) is 1.23. The smallest absolute Gasteiger partial charge is 0.315 e. The Hall–Kier alpha value is -3.13. The van der Waals surface area contributed by atoms with Crippen LogP contribution in [0.25, 0.3) is 22.4 Å². The van der Waals surface area contributed by atoms with Gasteiger partial charge in [-0.1, -0.05) is 23.7 Å². The summed E-state index contributed by atoms with van der Waals surface area (Å²) in [4.78, 5) is 33.6. The highest BCUT2D eigenvalue weighted by atomic mass is 35.5. The van der Waals surface area contributed by atoms with Crippen LogP contribution in [-0.4, -0.2) is 39.7 Å². The lowest BCUT2D eigenvalue weighted by molar-refractivity contribution is -0.384. The molecule has 2 aromatic carbocycles. The van der Waals surface area contributed by atoms with Gasteiger partial charge in [-0.3, -0.25) is 10.1 Å². The van der Waals surface area contributed by atoms with E-state index < -0.39 is 11.0 Å². The number of hydrogen-bond donors (Lipinski definition) is 0. The van der Waals surface area contributed by atoms with Gasteiger partial charge in [0.1, 0.15) is 5.52 Å². The molecule has 0 saturated heterocycles. The first kappa shape index (κ1) is 16.7. The predicted octanol–water partition coefficient (Wildman–Crippen LogP) is 3.38. The molecule has 0 saturated carbocycles. The van der Waals surface area contributed by atoms with Crippen molar-refractivity contribution in [1.29, 1.82) is 0 Å². The van der Waals surface area contributed by atoms with Gasteiger partial charge in [0.2, 0.25) is 0 Å². The predicted molar refractivity (Wildman–Crippen MR) is 92.5 cm³/mol. The van der Waals surface area contributed by atoms with E-state index in [0.29, 0.717) is 27.4 Å². The number of carbonyl (C=O) groups is 1. The van der Waals surface area contributed by atoms with Crippen LogP contribution in [-0.2, 0) is 0 Å². The Bertz CT molecular complexity index is 983. The summed E-state index contributed by atoms with van der Waals surface area (Å²) in [6.45, 7) is 0. The topological polar surface area (TPSA) is 90.5 Å². The van der Waals surface area contributed by atoms with Crippen molar-refractivity contribution in [1.82, 2.24) is 14.6 Å². The van der Waals surface area contributed by atoms with Gasteiger partial charge in [-0.25, -0.2) is 9.78 Å². The van der Waals surface area contributed by atoms with E-state index in [2.05, 4.69) is 4.98 Å². The van der Waals surface area contributed by atoms with E-state index in [1.807, 2.05) is 0 Å². The molecule has 1 aromatic heterocycles. The van der Waals surface area contributed by atoms with E-state index in [-0.39, 0.29) is 5.69 Å². The molecule has 0 aliphatic carbocycles. The lowest BCUT2D eigenvalue weighted by atomic mass is 10.2. The maximum Gasteiger partial charge on any atom is 0.434 e. The number of imidazole rings is 1. The number of amides is 1. The Morgan fingerprint density at radius 1 is 1.28 bits per heavy atom. The molecule has 1 heterocycles. The van der Waals surface area contributed by atoms with Crippen LogP contribution in [0.2, 0.25) is 5.02 Å². The first-order chi connectivity index (χ1) is 11.9. The second-order valence-corrected chi connectivity index (χ2v) is 5.86. The minimum Gasteiger partial charge on any atom is -0.315 e. The molecule has 0 atom stereocenters. The molecule has 128 valence electrons. The van der Waals surface area contributed by atoms with Crippen LogP contribution in [0.3, 0.4) is 0 Å². The van der Waals surface area contributed by atoms with Crippen molar-refractivity contribution in [2.45, 2.75) is 0 Å². The van der Waals surface area contributed by atoms with Crippen LogP contribution in [0.4, 0.5) is 10.5 Å². The van der Waals surface area contributed by atoms with E-state index in [1.54, 1.807) is 24.3 Å². The highest BCUT2D eigenvalue weighted by Gasteiger charge is 2.20. The number of rotatable bonds is 3. The Balaban J connectivity index is 2.24. The highest BCUT2D eigenvalue weighted by Crippen LogP contribution is 2.28. The minimum absolute atomic E-state index is 0.132. The number of nitrogens with zero attached hydrogens (tertiary/aromatic N) is 4. The minimum atomic E-state index is -0.644. The molecular formula is C16H13ClN4O4. The summed E-state index contributed by atoms with van der Waals surface area (Å²) in [5.74, 6) is 0.313. The standard InChI is InChI=1S/C16H13ClN4O4/c1-19(2)16(22)25-20-14-9-12(21(23)24)6-7-13(14)18-15(20)10-4-3-5-11(17)8-10/h3-9H,1-2H3. The zero-order chi connectivity index (χ0) is 18.1. The fourth-order valence-electron chi connectivity index (χ4n) is 2.22. The van der Waals surface area contributed by atoms with Gasteiger partial charge < -0.3 is 9.74 Å². The quantitative estimate of drug-likeness (QED) is 0.527. The molecule has 0 fully saturated rings. The number of fused-ring (bicyclic) bond motifs is 1. The summed E-state index contributed by atoms with van der Waals surface area (Å²) in [7, 11) is 3.06. The van der Waals surface area contributed by atoms with E-state index in [9.17, 15) is 14.9 Å². The maximum absolute atomic E-state index is 12.0. The summed E-state index contributed by atoms with van der Waals surface area (Å²) in [6.07, 6.45) is -0.644. The number of hydrogen-bond acceptors (Lipinski definition) is 5. The SMILES string of the molecule is CN(C)C(=O)On1c(-c2cccc(Cl)c2)nc2ccc([N+](=O)[O-])cc21. The highest BCUT2D eigenvalue weighted by molar-refractivity contribution is 6.30. The second kappa shape index (κ2) is 6.40. The first-order valence-electron chi connectivity index (χ1n) is 7.19. The van der Waals surface area contributed by atoms with Crippen molar-refractivity contribution in [2.24, 2.45) is 0 Å². The summed E-state index contributed by atoms with van der Waals surface area (Å²) >= 11 is 6.03. The largest absolute Gasteiger partial charge is 0.434 e. The molecule has 0 spiro atoms. The molecule has 25 heavy (non-hydrogen) atoms. The summed E-state index contributed by atoms with van der Waals surface area (Å²) in [6, 6.07) is 11.0. The lowest BCUT2D eigenvalue weighted by Gasteiger charge is -2.13. The number of nitro benzene ring substituents is 1. The number of benzene rings is 2. The molecule has 9 heteroatoms. The van der Waals surface area contributed by atoms with E-state index >= 15 is 0 Å². The third-order valence-corrected chi connectivity index (χ3v) is 3.66. The Morgan fingerprint density at radius 3 is 2.68 bits per heavy atom. The van der Waals surface area contributed by atoms with Gasteiger partial charge in [0, 0.05) is 36.8 Å². The lowest BCUT2D eigenvalue weighted by Crippen LogP contribution is -2.31. The van der Waals surface area contributed by atoms with Gasteiger partial charge in [-0.15, -0.1) is 0 Å². The average molecular weight is 361 g/mol. The number of nitro groups is 1. The Labute approximate surface area is 147 Å². The first-order valence-corrected chi connectivity index (χ1v) is 7.57. The van der Waals surface area contributed by atoms with E-state index in [4.69, 9.17) is 16.4 Å². The third-order valence-electron chi connectivity index (χ3n) is 3.42. The van der Waals surface area contributed by atoms with Crippen LogP contribution < -0.4 is 4.84 Å². The van der Waals surface area contributed by atoms with Crippen molar-refractivity contribution in [3.8, 4) is 11.4 Å². The number of aromatic nitrogens is 2. The van der Waals surface area contributed by atoms with Crippen molar-refractivity contribution in [2.75, 3.05) is 14.1 Å². The van der Waals surface area contributed by atoms with Crippen LogP contribution in [0.1, 0.15) is 0 Å². The van der Waals surface area contributed by atoms with Crippen molar-refractivity contribution >= 4 is 34.4 Å². The third kappa shape index (κ3) is 3.24. The number of non-ortho nitro benzene ring substituents is 1. The van der Waals surface area contributed by atoms with Gasteiger partial charge in [-0.05, 0) is 18.2 Å². The van der Waals surface area contributed by atoms with Crippen LogP contribution >= 0.6 is 11.6 Å². The van der Waals surface area contributed by atoms with Gasteiger partial charge in [0.05, 0.1) is 10.4 Å². The molecule has 0 aliphatic heterocycles. The molecule has 3 aromatic rings. The second-order valence-electron chi connectivity index (χ2n) is 5.42.